The summed E-state index contributed by atoms with van der Waals surface area (Å²) < 4.78 is 36.2. The van der Waals surface area contributed by atoms with Gasteiger partial charge in [-0.25, -0.2) is 13.4 Å². The molecule has 6 rings (SSSR count). The Labute approximate surface area is 215 Å². The van der Waals surface area contributed by atoms with Crippen LogP contribution in [0.25, 0.3) is 22.2 Å². The second-order valence-electron chi connectivity index (χ2n) is 9.12. The van der Waals surface area contributed by atoms with Gasteiger partial charge in [-0.2, -0.15) is 4.31 Å². The number of benzene rings is 3. The molecule has 0 unspecified atom stereocenters. The van der Waals surface area contributed by atoms with Crippen LogP contribution >= 0.6 is 0 Å². The molecule has 1 aliphatic rings. The van der Waals surface area contributed by atoms with E-state index in [0.717, 1.165) is 27.8 Å². The SMILES string of the molecule is O=S(=O)(c1cccc2cccnc12)N1Cc2ccccc2COC[C@H]1Cc1nc(-c2ccccc2)c[nH]1. The lowest BCUT2D eigenvalue weighted by molar-refractivity contribution is 0.0668. The highest BCUT2D eigenvalue weighted by atomic mass is 32.2. The summed E-state index contributed by atoms with van der Waals surface area (Å²) >= 11 is 0. The van der Waals surface area contributed by atoms with E-state index in [0.29, 0.717) is 24.4 Å². The lowest BCUT2D eigenvalue weighted by Crippen LogP contribution is -2.45. The Kier molecular flexibility index (Phi) is 6.30. The standard InChI is InChI=1S/C29H26N4O3S/c34-37(35,27-14-6-12-22-13-7-15-30-29(22)27)33-18-23-10-4-5-11-24(23)19-36-20-25(33)16-28-31-17-26(32-28)21-8-2-1-3-9-21/h1-15,17,25H,16,18-20H2,(H,31,32)/t25-/m1/s1. The van der Waals surface area contributed by atoms with Gasteiger partial charge in [0.1, 0.15) is 10.7 Å². The maximum atomic E-state index is 14.3. The lowest BCUT2D eigenvalue weighted by Gasteiger charge is -2.33. The summed E-state index contributed by atoms with van der Waals surface area (Å²) in [6.45, 7) is 0.916. The van der Waals surface area contributed by atoms with E-state index < -0.39 is 16.1 Å². The smallest absolute Gasteiger partial charge is 0.245 e. The number of hydrogen-bond acceptors (Lipinski definition) is 5. The molecule has 1 N–H and O–H groups in total. The zero-order valence-corrected chi connectivity index (χ0v) is 20.9. The molecule has 0 radical (unpaired) electrons. The molecule has 8 heteroatoms. The summed E-state index contributed by atoms with van der Waals surface area (Å²) in [6.07, 6.45) is 3.86. The van der Waals surface area contributed by atoms with E-state index in [1.165, 1.54) is 0 Å². The fraction of sp³-hybridized carbons (Fsp3) is 0.172. The molecule has 0 amide bonds. The van der Waals surface area contributed by atoms with Gasteiger partial charge < -0.3 is 9.72 Å². The number of imidazole rings is 1. The Balaban J connectivity index is 1.41. The molecule has 5 aromatic rings. The summed E-state index contributed by atoms with van der Waals surface area (Å²) in [7, 11) is -3.94. The number of aromatic nitrogens is 3. The van der Waals surface area contributed by atoms with Gasteiger partial charge in [-0.05, 0) is 23.3 Å². The van der Waals surface area contributed by atoms with Crippen LogP contribution in [0, 0.1) is 0 Å². The first-order valence-electron chi connectivity index (χ1n) is 12.2. The van der Waals surface area contributed by atoms with Crippen LogP contribution in [0.3, 0.4) is 0 Å². The van der Waals surface area contributed by atoms with Crippen molar-refractivity contribution in [3.8, 4) is 11.3 Å². The second kappa shape index (κ2) is 9.89. The van der Waals surface area contributed by atoms with Crippen molar-refractivity contribution in [2.75, 3.05) is 6.61 Å². The fourth-order valence-corrected chi connectivity index (χ4v) is 6.59. The Morgan fingerprint density at radius 3 is 2.57 bits per heavy atom. The quantitative estimate of drug-likeness (QED) is 0.361. The second-order valence-corrected chi connectivity index (χ2v) is 11.0. The van der Waals surface area contributed by atoms with Gasteiger partial charge in [-0.3, -0.25) is 4.98 Å². The highest BCUT2D eigenvalue weighted by Crippen LogP contribution is 2.30. The fourth-order valence-electron chi connectivity index (χ4n) is 4.84. The molecule has 0 saturated carbocycles. The monoisotopic (exact) mass is 510 g/mol. The molecular weight excluding hydrogens is 484 g/mol. The number of sulfonamides is 1. The predicted octanol–water partition coefficient (Wildman–Crippen LogP) is 4.96. The molecule has 0 bridgehead atoms. The van der Waals surface area contributed by atoms with Gasteiger partial charge in [0.2, 0.25) is 10.0 Å². The Bertz CT molecular complexity index is 1650. The third-order valence-corrected chi connectivity index (χ3v) is 8.66. The molecule has 3 heterocycles. The molecule has 0 aliphatic carbocycles. The van der Waals surface area contributed by atoms with E-state index >= 15 is 0 Å². The average Bonchev–Trinajstić information content (AvgIpc) is 3.39. The minimum Gasteiger partial charge on any atom is -0.375 e. The van der Waals surface area contributed by atoms with Crippen LogP contribution in [0.15, 0.2) is 102 Å². The Morgan fingerprint density at radius 1 is 0.919 bits per heavy atom. The summed E-state index contributed by atoms with van der Waals surface area (Å²) in [5, 5.41) is 0.780. The van der Waals surface area contributed by atoms with Gasteiger partial charge in [0, 0.05) is 36.3 Å². The number of aromatic amines is 1. The van der Waals surface area contributed by atoms with Crippen molar-refractivity contribution < 1.29 is 13.2 Å². The number of nitrogens with one attached hydrogen (secondary N) is 1. The lowest BCUT2D eigenvalue weighted by atomic mass is 10.1. The van der Waals surface area contributed by atoms with Crippen molar-refractivity contribution in [3.63, 3.8) is 0 Å². The predicted molar refractivity (Wildman–Crippen MR) is 142 cm³/mol. The molecular formula is C29H26N4O3S. The highest BCUT2D eigenvalue weighted by molar-refractivity contribution is 7.89. The molecule has 0 fully saturated rings. The van der Waals surface area contributed by atoms with Gasteiger partial charge in [0.05, 0.1) is 30.5 Å². The van der Waals surface area contributed by atoms with Crippen LogP contribution in [0.4, 0.5) is 0 Å². The molecule has 0 spiro atoms. The summed E-state index contributed by atoms with van der Waals surface area (Å²) in [5.41, 5.74) is 4.19. The first-order valence-corrected chi connectivity index (χ1v) is 13.6. The minimum atomic E-state index is -3.94. The first kappa shape index (κ1) is 23.5. The maximum absolute atomic E-state index is 14.3. The zero-order chi connectivity index (χ0) is 25.2. The van der Waals surface area contributed by atoms with Gasteiger partial charge in [-0.15, -0.1) is 0 Å². The number of nitrogens with zero attached hydrogens (tertiary/aromatic N) is 3. The summed E-state index contributed by atoms with van der Waals surface area (Å²) in [6, 6.07) is 26.2. The summed E-state index contributed by atoms with van der Waals surface area (Å²) in [5.74, 6) is 0.706. The Hall–Kier alpha value is -3.85. The zero-order valence-electron chi connectivity index (χ0n) is 20.1. The van der Waals surface area contributed by atoms with Crippen LogP contribution in [0.1, 0.15) is 17.0 Å². The van der Waals surface area contributed by atoms with Gasteiger partial charge in [0.15, 0.2) is 0 Å². The van der Waals surface area contributed by atoms with E-state index in [1.807, 2.05) is 79.0 Å². The number of pyridine rings is 1. The molecule has 37 heavy (non-hydrogen) atoms. The third kappa shape index (κ3) is 4.67. The summed E-state index contributed by atoms with van der Waals surface area (Å²) in [4.78, 5) is 12.6. The van der Waals surface area contributed by atoms with Crippen LogP contribution < -0.4 is 0 Å². The highest BCUT2D eigenvalue weighted by Gasteiger charge is 2.35. The minimum absolute atomic E-state index is 0.193. The normalized spacial score (nSPS) is 16.7. The van der Waals surface area contributed by atoms with Crippen LogP contribution in [-0.4, -0.2) is 40.3 Å². The van der Waals surface area contributed by atoms with Crippen LogP contribution in [0.5, 0.6) is 0 Å². The molecule has 1 aliphatic heterocycles. The van der Waals surface area contributed by atoms with Crippen molar-refractivity contribution in [2.24, 2.45) is 0 Å². The van der Waals surface area contributed by atoms with Crippen molar-refractivity contribution in [3.05, 3.63) is 114 Å². The van der Waals surface area contributed by atoms with Gasteiger partial charge in [-0.1, -0.05) is 72.8 Å². The van der Waals surface area contributed by atoms with E-state index in [-0.39, 0.29) is 18.0 Å². The van der Waals surface area contributed by atoms with Crippen molar-refractivity contribution in [1.82, 2.24) is 19.3 Å². The Morgan fingerprint density at radius 2 is 1.70 bits per heavy atom. The van der Waals surface area contributed by atoms with Crippen molar-refractivity contribution >= 4 is 20.9 Å². The van der Waals surface area contributed by atoms with Gasteiger partial charge >= 0.3 is 0 Å². The molecule has 2 aromatic heterocycles. The average molecular weight is 511 g/mol. The van der Waals surface area contributed by atoms with E-state index in [4.69, 9.17) is 9.72 Å². The first-order chi connectivity index (χ1) is 18.1. The van der Waals surface area contributed by atoms with Crippen molar-refractivity contribution in [1.29, 1.82) is 0 Å². The largest absolute Gasteiger partial charge is 0.375 e. The molecule has 1 atom stereocenters. The van der Waals surface area contributed by atoms with E-state index in [1.54, 1.807) is 22.6 Å². The number of fused-ring (bicyclic) bond motifs is 2. The van der Waals surface area contributed by atoms with Crippen molar-refractivity contribution in [2.45, 2.75) is 30.5 Å². The number of rotatable bonds is 5. The third-order valence-electron chi connectivity index (χ3n) is 6.73. The van der Waals surface area contributed by atoms with E-state index in [9.17, 15) is 8.42 Å². The van der Waals surface area contributed by atoms with Gasteiger partial charge in [0.25, 0.3) is 0 Å². The molecule has 0 saturated heterocycles. The maximum Gasteiger partial charge on any atom is 0.245 e. The topological polar surface area (TPSA) is 88.2 Å². The number of para-hydroxylation sites is 1. The van der Waals surface area contributed by atoms with E-state index in [2.05, 4.69) is 9.97 Å². The van der Waals surface area contributed by atoms with Crippen LogP contribution in [-0.2, 0) is 34.3 Å². The number of ether oxygens (including phenoxy) is 1. The molecule has 7 nitrogen and oxygen atoms in total. The molecule has 186 valence electrons. The molecule has 3 aromatic carbocycles. The number of H-pyrrole nitrogens is 1. The van der Waals surface area contributed by atoms with Crippen LogP contribution in [0.2, 0.25) is 0 Å². The number of hydrogen-bond donors (Lipinski definition) is 1.